The highest BCUT2D eigenvalue weighted by Crippen LogP contribution is 2.16. The SMILES string of the molecule is CC(C)(C)S(=O)(=O)CCn1cc(CC(=O)O)nn1. The van der Waals surface area contributed by atoms with Gasteiger partial charge in [-0.2, -0.15) is 0 Å². The second-order valence-electron chi connectivity index (χ2n) is 4.97. The standard InChI is InChI=1S/C10H17N3O4S/c1-10(2,3)18(16,17)5-4-13-7-8(11-12-13)6-9(14)15/h7H,4-6H2,1-3H3,(H,14,15). The molecule has 0 fully saturated rings. The van der Waals surface area contributed by atoms with E-state index in [9.17, 15) is 13.2 Å². The molecule has 0 saturated carbocycles. The van der Waals surface area contributed by atoms with E-state index in [2.05, 4.69) is 10.3 Å². The zero-order chi connectivity index (χ0) is 14.0. The van der Waals surface area contributed by atoms with Crippen molar-refractivity contribution in [3.63, 3.8) is 0 Å². The van der Waals surface area contributed by atoms with Crippen LogP contribution in [0, 0.1) is 0 Å². The van der Waals surface area contributed by atoms with Crippen LogP contribution in [-0.2, 0) is 27.6 Å². The zero-order valence-corrected chi connectivity index (χ0v) is 11.4. The normalized spacial score (nSPS) is 12.6. The van der Waals surface area contributed by atoms with Gasteiger partial charge in [-0.15, -0.1) is 5.10 Å². The number of carboxylic acids is 1. The summed E-state index contributed by atoms with van der Waals surface area (Å²) in [6, 6.07) is 0. The Bertz CT molecular complexity index is 528. The molecule has 8 heteroatoms. The van der Waals surface area contributed by atoms with Crippen molar-refractivity contribution in [3.05, 3.63) is 11.9 Å². The molecule has 0 amide bonds. The van der Waals surface area contributed by atoms with Crippen LogP contribution in [-0.4, -0.2) is 45.0 Å². The molecule has 0 aliphatic carbocycles. The van der Waals surface area contributed by atoms with E-state index >= 15 is 0 Å². The van der Waals surface area contributed by atoms with Crippen molar-refractivity contribution in [2.24, 2.45) is 0 Å². The van der Waals surface area contributed by atoms with E-state index in [0.29, 0.717) is 5.69 Å². The summed E-state index contributed by atoms with van der Waals surface area (Å²) >= 11 is 0. The summed E-state index contributed by atoms with van der Waals surface area (Å²) in [6.07, 6.45) is 1.23. The van der Waals surface area contributed by atoms with E-state index in [1.54, 1.807) is 20.8 Å². The van der Waals surface area contributed by atoms with Crippen LogP contribution in [0.1, 0.15) is 26.5 Å². The lowest BCUT2D eigenvalue weighted by atomic mass is 10.3. The Morgan fingerprint density at radius 2 is 2.06 bits per heavy atom. The number of aryl methyl sites for hydroxylation is 1. The van der Waals surface area contributed by atoms with Crippen molar-refractivity contribution in [1.29, 1.82) is 0 Å². The summed E-state index contributed by atoms with van der Waals surface area (Å²) in [4.78, 5) is 10.5. The van der Waals surface area contributed by atoms with Crippen LogP contribution in [0.4, 0.5) is 0 Å². The predicted molar refractivity (Wildman–Crippen MR) is 64.9 cm³/mol. The molecule has 0 aliphatic heterocycles. The van der Waals surface area contributed by atoms with Gasteiger partial charge in [0, 0.05) is 6.20 Å². The van der Waals surface area contributed by atoms with Crippen molar-refractivity contribution in [1.82, 2.24) is 15.0 Å². The Morgan fingerprint density at radius 3 is 2.56 bits per heavy atom. The summed E-state index contributed by atoms with van der Waals surface area (Å²) in [5, 5.41) is 15.9. The lowest BCUT2D eigenvalue weighted by molar-refractivity contribution is -0.136. The molecule has 0 unspecified atom stereocenters. The Labute approximate surface area is 106 Å². The van der Waals surface area contributed by atoms with Crippen molar-refractivity contribution >= 4 is 15.8 Å². The molecule has 0 radical (unpaired) electrons. The third kappa shape index (κ3) is 3.80. The van der Waals surface area contributed by atoms with Crippen LogP contribution >= 0.6 is 0 Å². The number of aromatic nitrogens is 3. The molecule has 1 rings (SSSR count). The fourth-order valence-electron chi connectivity index (χ4n) is 1.20. The molecular formula is C10H17N3O4S. The van der Waals surface area contributed by atoms with Crippen LogP contribution < -0.4 is 0 Å². The summed E-state index contributed by atoms with van der Waals surface area (Å²) in [5.74, 6) is -1.05. The lowest BCUT2D eigenvalue weighted by Gasteiger charge is -2.18. The molecule has 1 N–H and O–H groups in total. The molecule has 0 aliphatic rings. The van der Waals surface area contributed by atoms with Gasteiger partial charge in [0.05, 0.1) is 29.2 Å². The summed E-state index contributed by atoms with van der Waals surface area (Å²) in [6.45, 7) is 5.09. The van der Waals surface area contributed by atoms with E-state index in [0.717, 1.165) is 0 Å². The monoisotopic (exact) mass is 275 g/mol. The number of hydrogen-bond acceptors (Lipinski definition) is 5. The summed E-state index contributed by atoms with van der Waals surface area (Å²) < 4.78 is 24.2. The van der Waals surface area contributed by atoms with Crippen molar-refractivity contribution in [2.45, 2.75) is 38.5 Å². The van der Waals surface area contributed by atoms with E-state index in [1.165, 1.54) is 10.9 Å². The molecule has 0 aromatic carbocycles. The van der Waals surface area contributed by atoms with Gasteiger partial charge in [-0.1, -0.05) is 5.21 Å². The maximum absolute atomic E-state index is 11.9. The molecule has 0 spiro atoms. The zero-order valence-electron chi connectivity index (χ0n) is 10.6. The highest BCUT2D eigenvalue weighted by atomic mass is 32.2. The van der Waals surface area contributed by atoms with E-state index in [4.69, 9.17) is 5.11 Å². The molecule has 18 heavy (non-hydrogen) atoms. The van der Waals surface area contributed by atoms with E-state index in [1.807, 2.05) is 0 Å². The number of aliphatic carboxylic acids is 1. The van der Waals surface area contributed by atoms with Crippen molar-refractivity contribution in [2.75, 3.05) is 5.75 Å². The van der Waals surface area contributed by atoms with Gasteiger partial charge in [0.15, 0.2) is 9.84 Å². The molecule has 0 bridgehead atoms. The molecule has 102 valence electrons. The first-order chi connectivity index (χ1) is 8.12. The van der Waals surface area contributed by atoms with E-state index in [-0.39, 0.29) is 18.7 Å². The Kier molecular flexibility index (Phi) is 4.10. The maximum atomic E-state index is 11.9. The smallest absolute Gasteiger partial charge is 0.309 e. The Morgan fingerprint density at radius 1 is 1.44 bits per heavy atom. The highest BCUT2D eigenvalue weighted by Gasteiger charge is 2.28. The summed E-state index contributed by atoms with van der Waals surface area (Å²) in [5.41, 5.74) is 0.315. The highest BCUT2D eigenvalue weighted by molar-refractivity contribution is 7.92. The number of hydrogen-bond donors (Lipinski definition) is 1. The number of rotatable bonds is 5. The third-order valence-corrected chi connectivity index (χ3v) is 5.03. The third-order valence-electron chi connectivity index (χ3n) is 2.44. The van der Waals surface area contributed by atoms with Gasteiger partial charge in [-0.25, -0.2) is 8.42 Å². The molecule has 7 nitrogen and oxygen atoms in total. The van der Waals surface area contributed by atoms with Crippen LogP contribution in [0.5, 0.6) is 0 Å². The number of carbonyl (C=O) groups is 1. The number of nitrogens with zero attached hydrogens (tertiary/aromatic N) is 3. The topological polar surface area (TPSA) is 102 Å². The minimum Gasteiger partial charge on any atom is -0.481 e. The van der Waals surface area contributed by atoms with Gasteiger partial charge >= 0.3 is 5.97 Å². The Balaban J connectivity index is 2.65. The van der Waals surface area contributed by atoms with Gasteiger partial charge in [-0.05, 0) is 20.8 Å². The fraction of sp³-hybridized carbons (Fsp3) is 0.700. The van der Waals surface area contributed by atoms with Crippen molar-refractivity contribution < 1.29 is 18.3 Å². The first kappa shape index (κ1) is 14.6. The van der Waals surface area contributed by atoms with Crippen LogP contribution in [0.15, 0.2) is 6.20 Å². The van der Waals surface area contributed by atoms with Crippen LogP contribution in [0.25, 0.3) is 0 Å². The largest absolute Gasteiger partial charge is 0.481 e. The van der Waals surface area contributed by atoms with Crippen LogP contribution in [0.2, 0.25) is 0 Å². The van der Waals surface area contributed by atoms with Gasteiger partial charge in [-0.3, -0.25) is 9.48 Å². The van der Waals surface area contributed by atoms with Gasteiger partial charge in [0.1, 0.15) is 0 Å². The minimum absolute atomic E-state index is 0.0492. The quantitative estimate of drug-likeness (QED) is 0.818. The second kappa shape index (κ2) is 5.05. The van der Waals surface area contributed by atoms with Gasteiger partial charge < -0.3 is 5.11 Å². The summed E-state index contributed by atoms with van der Waals surface area (Å²) in [7, 11) is -3.21. The first-order valence-corrected chi connectivity index (χ1v) is 7.10. The molecule has 0 saturated heterocycles. The van der Waals surface area contributed by atoms with Gasteiger partial charge in [0.2, 0.25) is 0 Å². The fourth-order valence-corrected chi connectivity index (χ4v) is 2.24. The molecule has 1 heterocycles. The second-order valence-corrected chi connectivity index (χ2v) is 7.84. The average Bonchev–Trinajstić information content (AvgIpc) is 2.60. The van der Waals surface area contributed by atoms with Crippen molar-refractivity contribution in [3.8, 4) is 0 Å². The first-order valence-electron chi connectivity index (χ1n) is 5.45. The molecular weight excluding hydrogens is 258 g/mol. The maximum Gasteiger partial charge on any atom is 0.309 e. The predicted octanol–water partition coefficient (Wildman–Crippen LogP) is 0.119. The minimum atomic E-state index is -3.21. The Hall–Kier alpha value is -1.44. The average molecular weight is 275 g/mol. The van der Waals surface area contributed by atoms with Crippen LogP contribution in [0.3, 0.4) is 0 Å². The molecule has 1 aromatic heterocycles. The molecule has 0 atom stereocenters. The number of carboxylic acid groups (broad SMARTS) is 1. The molecule has 1 aromatic rings. The lowest BCUT2D eigenvalue weighted by Crippen LogP contribution is -2.32. The van der Waals surface area contributed by atoms with E-state index < -0.39 is 20.6 Å². The number of sulfone groups is 1. The van der Waals surface area contributed by atoms with Gasteiger partial charge in [0.25, 0.3) is 0 Å².